The van der Waals surface area contributed by atoms with E-state index in [2.05, 4.69) is 10.2 Å². The number of esters is 1. The molecule has 2 aliphatic rings. The first-order chi connectivity index (χ1) is 15.7. The molecule has 1 amide bonds. The lowest BCUT2D eigenvalue weighted by Crippen LogP contribution is -2.28. The number of amides is 1. The molecular formula is C22H23ClN4O5S. The summed E-state index contributed by atoms with van der Waals surface area (Å²) >= 11 is 6.39. The van der Waals surface area contributed by atoms with Crippen LogP contribution in [0, 0.1) is 6.92 Å². The van der Waals surface area contributed by atoms with Crippen LogP contribution in [0.5, 0.6) is 0 Å². The zero-order chi connectivity index (χ0) is 23.6. The van der Waals surface area contributed by atoms with Gasteiger partial charge in [0, 0.05) is 18.1 Å². The number of carbonyl (C=O) groups is 2. The molecule has 1 saturated heterocycles. The third-order valence-corrected chi connectivity index (χ3v) is 7.67. The Labute approximate surface area is 196 Å². The number of halogens is 1. The number of hydrogen-bond acceptors (Lipinski definition) is 7. The van der Waals surface area contributed by atoms with Gasteiger partial charge >= 0.3 is 5.97 Å². The third kappa shape index (κ3) is 5.33. The quantitative estimate of drug-likeness (QED) is 0.454. The van der Waals surface area contributed by atoms with Crippen LogP contribution in [0.3, 0.4) is 0 Å². The average Bonchev–Trinajstić information content (AvgIpc) is 3.49. The van der Waals surface area contributed by atoms with Gasteiger partial charge in [0.1, 0.15) is 5.15 Å². The molecule has 0 aliphatic carbocycles. The fourth-order valence-electron chi connectivity index (χ4n) is 3.81. The maximum Gasteiger partial charge on any atom is 0.331 e. The summed E-state index contributed by atoms with van der Waals surface area (Å²) < 4.78 is 30.0. The molecule has 1 fully saturated rings. The molecule has 9 nitrogen and oxygen atoms in total. The van der Waals surface area contributed by atoms with E-state index < -0.39 is 28.3 Å². The zero-order valence-corrected chi connectivity index (χ0v) is 19.6. The summed E-state index contributed by atoms with van der Waals surface area (Å²) in [4.78, 5) is 24.5. The summed E-state index contributed by atoms with van der Waals surface area (Å²) in [6, 6.07) is 9.26. The second kappa shape index (κ2) is 9.48. The molecule has 0 saturated carbocycles. The number of rotatable bonds is 6. The van der Waals surface area contributed by atoms with Gasteiger partial charge in [0.25, 0.3) is 5.91 Å². The number of aryl methyl sites for hydroxylation is 1. The number of benzene rings is 1. The van der Waals surface area contributed by atoms with Crippen LogP contribution >= 0.6 is 11.6 Å². The first-order valence-electron chi connectivity index (χ1n) is 10.5. The molecule has 174 valence electrons. The van der Waals surface area contributed by atoms with Crippen molar-refractivity contribution in [1.82, 2.24) is 14.8 Å². The third-order valence-electron chi connectivity index (χ3n) is 5.55. The molecule has 2 aromatic rings. The summed E-state index contributed by atoms with van der Waals surface area (Å²) in [6.07, 6.45) is 3.70. The Morgan fingerprint density at radius 1 is 1.27 bits per heavy atom. The first kappa shape index (κ1) is 23.2. The maximum absolute atomic E-state index is 12.3. The number of sulfone groups is 1. The Balaban J connectivity index is 1.34. The van der Waals surface area contributed by atoms with E-state index in [-0.39, 0.29) is 22.7 Å². The highest BCUT2D eigenvalue weighted by Gasteiger charge is 2.31. The van der Waals surface area contributed by atoms with E-state index in [1.807, 2.05) is 30.3 Å². The highest BCUT2D eigenvalue weighted by Crippen LogP contribution is 2.30. The predicted molar refractivity (Wildman–Crippen MR) is 124 cm³/mol. The largest absolute Gasteiger partial charge is 0.452 e. The molecule has 0 bridgehead atoms. The van der Waals surface area contributed by atoms with E-state index in [0.29, 0.717) is 30.6 Å². The van der Waals surface area contributed by atoms with Crippen LogP contribution in [0.1, 0.15) is 35.7 Å². The van der Waals surface area contributed by atoms with Gasteiger partial charge in [-0.15, -0.1) is 0 Å². The average molecular weight is 491 g/mol. The van der Waals surface area contributed by atoms with Crippen LogP contribution < -0.4 is 0 Å². The second-order valence-corrected chi connectivity index (χ2v) is 10.5. The van der Waals surface area contributed by atoms with Crippen LogP contribution in [0.25, 0.3) is 6.08 Å². The van der Waals surface area contributed by atoms with Gasteiger partial charge in [-0.05, 0) is 25.0 Å². The van der Waals surface area contributed by atoms with Crippen molar-refractivity contribution >= 4 is 45.1 Å². The van der Waals surface area contributed by atoms with Gasteiger partial charge in [0.2, 0.25) is 0 Å². The van der Waals surface area contributed by atoms with Gasteiger partial charge in [-0.1, -0.05) is 41.9 Å². The summed E-state index contributed by atoms with van der Waals surface area (Å²) in [7, 11) is -3.09. The Morgan fingerprint density at radius 2 is 2.03 bits per heavy atom. The standard InChI is InChI=1S/C22H23ClN4O5S/c1-15-18(22(23)27(24-15)17-10-12-33(30,31)14-17)7-8-21(29)32-13-20(28)26-11-9-19(25-26)16-5-3-2-4-6-16/h2-8,17H,9-14H2,1H3/b8-7+/t17-/m1/s1. The number of hydrogen-bond donors (Lipinski definition) is 0. The van der Waals surface area contributed by atoms with Crippen molar-refractivity contribution in [2.45, 2.75) is 25.8 Å². The molecule has 0 spiro atoms. The van der Waals surface area contributed by atoms with Crippen molar-refractivity contribution in [3.63, 3.8) is 0 Å². The predicted octanol–water partition coefficient (Wildman–Crippen LogP) is 2.40. The Hall–Kier alpha value is -2.98. The molecule has 4 rings (SSSR count). The second-order valence-electron chi connectivity index (χ2n) is 7.91. The lowest BCUT2D eigenvalue weighted by Gasteiger charge is -2.10. The molecule has 0 N–H and O–H groups in total. The minimum atomic E-state index is -3.09. The molecule has 1 atom stereocenters. The molecule has 1 aromatic carbocycles. The maximum atomic E-state index is 12.3. The fourth-order valence-corrected chi connectivity index (χ4v) is 5.88. The smallest absolute Gasteiger partial charge is 0.331 e. The van der Waals surface area contributed by atoms with Gasteiger partial charge in [0.05, 0.1) is 35.5 Å². The number of nitrogens with zero attached hydrogens (tertiary/aromatic N) is 4. The van der Waals surface area contributed by atoms with Crippen LogP contribution in [-0.4, -0.2) is 65.5 Å². The lowest BCUT2D eigenvalue weighted by molar-refractivity contribution is -0.147. The van der Waals surface area contributed by atoms with Crippen LogP contribution in [-0.2, 0) is 24.2 Å². The molecule has 11 heteroatoms. The van der Waals surface area contributed by atoms with Crippen molar-refractivity contribution in [3.8, 4) is 0 Å². The minimum absolute atomic E-state index is 0.00782. The normalized spacial score (nSPS) is 19.8. The van der Waals surface area contributed by atoms with Crippen molar-refractivity contribution in [2.75, 3.05) is 24.7 Å². The highest BCUT2D eigenvalue weighted by molar-refractivity contribution is 7.91. The lowest BCUT2D eigenvalue weighted by atomic mass is 10.1. The van der Waals surface area contributed by atoms with Crippen molar-refractivity contribution in [2.24, 2.45) is 5.10 Å². The van der Waals surface area contributed by atoms with Crippen molar-refractivity contribution < 1.29 is 22.7 Å². The van der Waals surface area contributed by atoms with Crippen LogP contribution in [0.15, 0.2) is 41.5 Å². The van der Waals surface area contributed by atoms with Gasteiger partial charge in [-0.2, -0.15) is 10.2 Å². The molecular weight excluding hydrogens is 468 g/mol. The van der Waals surface area contributed by atoms with E-state index in [0.717, 1.165) is 11.3 Å². The van der Waals surface area contributed by atoms with Gasteiger partial charge in [-0.25, -0.2) is 22.9 Å². The van der Waals surface area contributed by atoms with Gasteiger partial charge in [-0.3, -0.25) is 4.79 Å². The molecule has 2 aliphatic heterocycles. The monoisotopic (exact) mass is 490 g/mol. The van der Waals surface area contributed by atoms with Gasteiger partial charge < -0.3 is 4.74 Å². The highest BCUT2D eigenvalue weighted by atomic mass is 35.5. The first-order valence-corrected chi connectivity index (χ1v) is 12.7. The topological polar surface area (TPSA) is 111 Å². The van der Waals surface area contributed by atoms with Gasteiger partial charge in [0.15, 0.2) is 16.4 Å². The SMILES string of the molecule is Cc1nn([C@@H]2CCS(=O)(=O)C2)c(Cl)c1/C=C/C(=O)OCC(=O)N1CCC(c2ccccc2)=N1. The number of aromatic nitrogens is 2. The summed E-state index contributed by atoms with van der Waals surface area (Å²) in [6.45, 7) is 1.72. The van der Waals surface area contributed by atoms with E-state index >= 15 is 0 Å². The molecule has 3 heterocycles. The van der Waals surface area contributed by atoms with E-state index in [4.69, 9.17) is 16.3 Å². The molecule has 1 aromatic heterocycles. The van der Waals surface area contributed by atoms with Crippen LogP contribution in [0.4, 0.5) is 0 Å². The number of ether oxygens (including phenoxy) is 1. The minimum Gasteiger partial charge on any atom is -0.452 e. The van der Waals surface area contributed by atoms with E-state index in [9.17, 15) is 18.0 Å². The van der Waals surface area contributed by atoms with E-state index in [1.54, 1.807) is 6.92 Å². The Morgan fingerprint density at radius 3 is 2.73 bits per heavy atom. The summed E-state index contributed by atoms with van der Waals surface area (Å²) in [5, 5.41) is 10.2. The van der Waals surface area contributed by atoms with Crippen molar-refractivity contribution in [3.05, 3.63) is 58.4 Å². The fraction of sp³-hybridized carbons (Fsp3) is 0.364. The zero-order valence-electron chi connectivity index (χ0n) is 18.0. The molecule has 0 unspecified atom stereocenters. The molecule has 0 radical (unpaired) electrons. The number of hydrazone groups is 1. The molecule has 33 heavy (non-hydrogen) atoms. The van der Waals surface area contributed by atoms with E-state index in [1.165, 1.54) is 21.8 Å². The summed E-state index contributed by atoms with van der Waals surface area (Å²) in [5.41, 5.74) is 2.83. The van der Waals surface area contributed by atoms with Crippen LogP contribution in [0.2, 0.25) is 5.15 Å². The Kier molecular flexibility index (Phi) is 6.66. The Bertz CT molecular complexity index is 1240. The van der Waals surface area contributed by atoms with Crippen molar-refractivity contribution in [1.29, 1.82) is 0 Å². The summed E-state index contributed by atoms with van der Waals surface area (Å²) in [5.74, 6) is -1.02. The number of carbonyl (C=O) groups excluding carboxylic acids is 2.